The average molecular weight is 386 g/mol. The molecule has 6 nitrogen and oxygen atoms in total. The number of fused-ring (bicyclic) bond motifs is 1. The van der Waals surface area contributed by atoms with Crippen molar-refractivity contribution in [1.82, 2.24) is 9.66 Å². The van der Waals surface area contributed by atoms with E-state index in [1.54, 1.807) is 36.2 Å². The van der Waals surface area contributed by atoms with E-state index in [4.69, 9.17) is 0 Å². The van der Waals surface area contributed by atoms with Crippen LogP contribution >= 0.6 is 0 Å². The highest BCUT2D eigenvalue weighted by Crippen LogP contribution is 2.15. The van der Waals surface area contributed by atoms with E-state index < -0.39 is 23.1 Å². The van der Waals surface area contributed by atoms with Crippen LogP contribution in [0.1, 0.15) is 19.4 Å². The molecule has 3 rings (SSSR count). The number of carbonyl (C=O) groups is 1. The van der Waals surface area contributed by atoms with Crippen LogP contribution in [0, 0.1) is 11.6 Å². The van der Waals surface area contributed by atoms with Crippen molar-refractivity contribution in [3.63, 3.8) is 0 Å². The second-order valence-electron chi connectivity index (χ2n) is 6.76. The first-order valence-corrected chi connectivity index (χ1v) is 8.75. The van der Waals surface area contributed by atoms with E-state index in [0.717, 1.165) is 22.9 Å². The van der Waals surface area contributed by atoms with Crippen LogP contribution < -0.4 is 15.9 Å². The number of aromatic nitrogens is 2. The van der Waals surface area contributed by atoms with Crippen LogP contribution in [0.4, 0.5) is 14.7 Å². The smallest absolute Gasteiger partial charge is 0.281 e. The predicted octanol–water partition coefficient (Wildman–Crippen LogP) is 2.83. The van der Waals surface area contributed by atoms with Gasteiger partial charge in [-0.2, -0.15) is 4.68 Å². The van der Waals surface area contributed by atoms with E-state index in [1.165, 1.54) is 0 Å². The maximum Gasteiger partial charge on any atom is 0.281 e. The third-order valence-electron chi connectivity index (χ3n) is 4.37. The number of hydrogen-bond acceptors (Lipinski definition) is 4. The molecule has 0 bridgehead atoms. The molecule has 0 spiro atoms. The molecule has 0 atom stereocenters. The monoisotopic (exact) mass is 386 g/mol. The molecule has 1 aromatic heterocycles. The van der Waals surface area contributed by atoms with E-state index in [0.29, 0.717) is 10.9 Å². The molecule has 8 heteroatoms. The molecular weight excluding hydrogens is 366 g/mol. The van der Waals surface area contributed by atoms with Crippen molar-refractivity contribution in [1.29, 1.82) is 0 Å². The van der Waals surface area contributed by atoms with Crippen LogP contribution in [0.15, 0.2) is 47.3 Å². The molecule has 0 radical (unpaired) electrons. The Balaban J connectivity index is 2.00. The van der Waals surface area contributed by atoms with Crippen LogP contribution in [-0.2, 0) is 11.2 Å². The van der Waals surface area contributed by atoms with Gasteiger partial charge in [-0.3, -0.25) is 15.0 Å². The molecule has 0 fully saturated rings. The summed E-state index contributed by atoms with van der Waals surface area (Å²) in [5.74, 6) is -1.87. The van der Waals surface area contributed by atoms with Gasteiger partial charge in [-0.1, -0.05) is 12.1 Å². The first-order chi connectivity index (χ1) is 13.3. The van der Waals surface area contributed by atoms with Crippen LogP contribution in [0.3, 0.4) is 0 Å². The maximum absolute atomic E-state index is 13.4. The normalized spacial score (nSPS) is 11.1. The molecule has 3 aromatic rings. The van der Waals surface area contributed by atoms with Gasteiger partial charge < -0.3 is 4.90 Å². The number of rotatable bonds is 5. The quantitative estimate of drug-likeness (QED) is 0.732. The predicted molar refractivity (Wildman–Crippen MR) is 104 cm³/mol. The van der Waals surface area contributed by atoms with Crippen molar-refractivity contribution in [2.75, 3.05) is 17.4 Å². The van der Waals surface area contributed by atoms with Crippen molar-refractivity contribution in [2.45, 2.75) is 26.3 Å². The molecule has 1 amide bonds. The topological polar surface area (TPSA) is 67.2 Å². The molecular formula is C20H20F2N4O2. The number of nitrogens with one attached hydrogen (secondary N) is 1. The summed E-state index contributed by atoms with van der Waals surface area (Å²) < 4.78 is 27.8. The van der Waals surface area contributed by atoms with E-state index >= 15 is 0 Å². The summed E-state index contributed by atoms with van der Waals surface area (Å²) in [5.41, 5.74) is 2.74. The van der Waals surface area contributed by atoms with Crippen molar-refractivity contribution < 1.29 is 13.6 Å². The summed E-state index contributed by atoms with van der Waals surface area (Å²) in [4.78, 5) is 31.7. The fourth-order valence-corrected chi connectivity index (χ4v) is 2.75. The lowest BCUT2D eigenvalue weighted by Gasteiger charge is -2.26. The number of hydrogen-bond donors (Lipinski definition) is 1. The SMILES string of the molecule is CC(C)N(C)c1nc2ccccc2c(=O)n1NC(=O)Cc1cc(F)cc(F)c1. The molecule has 0 saturated heterocycles. The van der Waals surface area contributed by atoms with Gasteiger partial charge in [0, 0.05) is 19.2 Å². The van der Waals surface area contributed by atoms with Gasteiger partial charge in [-0.15, -0.1) is 0 Å². The third-order valence-corrected chi connectivity index (χ3v) is 4.37. The van der Waals surface area contributed by atoms with Gasteiger partial charge >= 0.3 is 0 Å². The zero-order valence-corrected chi connectivity index (χ0v) is 15.7. The largest absolute Gasteiger partial charge is 0.341 e. The highest BCUT2D eigenvalue weighted by Gasteiger charge is 2.18. The molecule has 0 saturated carbocycles. The van der Waals surface area contributed by atoms with E-state index in [2.05, 4.69) is 10.4 Å². The Kier molecular flexibility index (Phi) is 5.39. The summed E-state index contributed by atoms with van der Waals surface area (Å²) in [7, 11) is 1.76. The lowest BCUT2D eigenvalue weighted by Crippen LogP contribution is -2.40. The maximum atomic E-state index is 13.4. The van der Waals surface area contributed by atoms with Crippen LogP contribution in [0.5, 0.6) is 0 Å². The number of anilines is 1. The van der Waals surface area contributed by atoms with Gasteiger partial charge in [0.1, 0.15) is 11.6 Å². The molecule has 0 aliphatic heterocycles. The Bertz CT molecular complexity index is 1070. The highest BCUT2D eigenvalue weighted by molar-refractivity contribution is 5.87. The standard InChI is InChI=1S/C20H20F2N4O2/c1-12(2)25(3)20-23-17-7-5-4-6-16(17)19(28)26(20)24-18(27)10-13-8-14(21)11-15(22)9-13/h4-9,11-12H,10H2,1-3H3,(H,24,27). The summed E-state index contributed by atoms with van der Waals surface area (Å²) in [6, 6.07) is 9.71. The highest BCUT2D eigenvalue weighted by atomic mass is 19.1. The third kappa shape index (κ3) is 4.00. The number of halogens is 2. The Labute approximate surface area is 160 Å². The second-order valence-corrected chi connectivity index (χ2v) is 6.76. The Morgan fingerprint density at radius 1 is 1.18 bits per heavy atom. The summed E-state index contributed by atoms with van der Waals surface area (Å²) in [5, 5.41) is 0.348. The second kappa shape index (κ2) is 7.75. The summed E-state index contributed by atoms with van der Waals surface area (Å²) in [6.07, 6.45) is -0.293. The molecule has 2 aromatic carbocycles. The Morgan fingerprint density at radius 2 is 1.82 bits per heavy atom. The zero-order chi connectivity index (χ0) is 20.4. The fraction of sp³-hybridized carbons (Fsp3) is 0.250. The molecule has 28 heavy (non-hydrogen) atoms. The van der Waals surface area contributed by atoms with Crippen LogP contribution in [0.2, 0.25) is 0 Å². The number of carbonyl (C=O) groups excluding carboxylic acids is 1. The molecule has 0 aliphatic carbocycles. The number of nitrogens with zero attached hydrogens (tertiary/aromatic N) is 3. The number of benzene rings is 2. The first kappa shape index (κ1) is 19.5. The van der Waals surface area contributed by atoms with Crippen molar-refractivity contribution in [3.05, 3.63) is 70.0 Å². The van der Waals surface area contributed by atoms with Gasteiger partial charge in [-0.05, 0) is 43.7 Å². The van der Waals surface area contributed by atoms with E-state index in [-0.39, 0.29) is 24.0 Å². The van der Waals surface area contributed by atoms with Crippen molar-refractivity contribution in [2.24, 2.45) is 0 Å². The minimum Gasteiger partial charge on any atom is -0.341 e. The van der Waals surface area contributed by atoms with E-state index in [1.807, 2.05) is 13.8 Å². The average Bonchev–Trinajstić information content (AvgIpc) is 2.62. The first-order valence-electron chi connectivity index (χ1n) is 8.75. The van der Waals surface area contributed by atoms with Crippen molar-refractivity contribution in [3.8, 4) is 0 Å². The van der Waals surface area contributed by atoms with Gasteiger partial charge in [0.05, 0.1) is 17.3 Å². The Morgan fingerprint density at radius 3 is 2.46 bits per heavy atom. The lowest BCUT2D eigenvalue weighted by atomic mass is 10.1. The number of para-hydroxylation sites is 1. The van der Waals surface area contributed by atoms with Crippen LogP contribution in [0.25, 0.3) is 10.9 Å². The molecule has 1 heterocycles. The zero-order valence-electron chi connectivity index (χ0n) is 15.7. The van der Waals surface area contributed by atoms with Crippen LogP contribution in [-0.4, -0.2) is 28.7 Å². The minimum absolute atomic E-state index is 0.00790. The molecule has 146 valence electrons. The van der Waals surface area contributed by atoms with Gasteiger partial charge in [0.15, 0.2) is 0 Å². The molecule has 0 aliphatic rings. The van der Waals surface area contributed by atoms with Gasteiger partial charge in [0.2, 0.25) is 11.9 Å². The molecule has 1 N–H and O–H groups in total. The fourth-order valence-electron chi connectivity index (χ4n) is 2.75. The molecule has 0 unspecified atom stereocenters. The van der Waals surface area contributed by atoms with E-state index in [9.17, 15) is 18.4 Å². The Hall–Kier alpha value is -3.29. The van der Waals surface area contributed by atoms with Gasteiger partial charge in [-0.25, -0.2) is 13.8 Å². The number of amides is 1. The minimum atomic E-state index is -0.771. The summed E-state index contributed by atoms with van der Waals surface area (Å²) >= 11 is 0. The van der Waals surface area contributed by atoms with Gasteiger partial charge in [0.25, 0.3) is 5.56 Å². The summed E-state index contributed by atoms with van der Waals surface area (Å²) in [6.45, 7) is 3.84. The van der Waals surface area contributed by atoms with Crippen molar-refractivity contribution >= 4 is 22.8 Å². The lowest BCUT2D eigenvalue weighted by molar-refractivity contribution is -0.116.